The summed E-state index contributed by atoms with van der Waals surface area (Å²) in [5.74, 6) is 4.89. The number of nitrogens with one attached hydrogen (secondary N) is 1. The first-order chi connectivity index (χ1) is 9.65. The number of carbonyl (C=O) groups excluding carboxylic acids is 1. The van der Waals surface area contributed by atoms with Crippen molar-refractivity contribution in [1.29, 1.82) is 0 Å². The second kappa shape index (κ2) is 6.74. The van der Waals surface area contributed by atoms with Crippen molar-refractivity contribution < 1.29 is 9.18 Å². The van der Waals surface area contributed by atoms with Gasteiger partial charge < -0.3 is 5.32 Å². The van der Waals surface area contributed by atoms with Crippen LogP contribution in [0.25, 0.3) is 0 Å². The Morgan fingerprint density at radius 2 is 2.00 bits per heavy atom. The average Bonchev–Trinajstić information content (AvgIpc) is 2.43. The van der Waals surface area contributed by atoms with E-state index in [0.29, 0.717) is 5.02 Å². The van der Waals surface area contributed by atoms with E-state index in [-0.39, 0.29) is 18.0 Å². The molecule has 2 aromatic rings. The molecule has 2 aromatic carbocycles. The van der Waals surface area contributed by atoms with Crippen LogP contribution in [0.5, 0.6) is 0 Å². The molecule has 0 radical (unpaired) electrons. The van der Waals surface area contributed by atoms with Gasteiger partial charge in [0, 0.05) is 16.1 Å². The zero-order valence-corrected chi connectivity index (χ0v) is 11.2. The summed E-state index contributed by atoms with van der Waals surface area (Å²) in [6.45, 7) is 0.182. The van der Waals surface area contributed by atoms with Gasteiger partial charge in [0.25, 0.3) is 5.91 Å². The van der Waals surface area contributed by atoms with Crippen molar-refractivity contribution in [3.63, 3.8) is 0 Å². The molecule has 20 heavy (non-hydrogen) atoms. The number of amides is 1. The van der Waals surface area contributed by atoms with Crippen LogP contribution in [0.2, 0.25) is 5.02 Å². The molecule has 0 spiro atoms. The van der Waals surface area contributed by atoms with Crippen LogP contribution in [0.3, 0.4) is 0 Å². The molecule has 2 rings (SSSR count). The van der Waals surface area contributed by atoms with Gasteiger partial charge in [-0.1, -0.05) is 35.6 Å². The molecule has 4 heteroatoms. The molecule has 0 saturated carbocycles. The maximum atomic E-state index is 13.0. The molecule has 0 aliphatic rings. The maximum absolute atomic E-state index is 13.0. The van der Waals surface area contributed by atoms with E-state index in [1.54, 1.807) is 24.3 Å². The largest absolute Gasteiger partial charge is 0.341 e. The van der Waals surface area contributed by atoms with Crippen molar-refractivity contribution in [2.75, 3.05) is 6.54 Å². The Kier molecular flexibility index (Phi) is 4.75. The number of carbonyl (C=O) groups is 1. The summed E-state index contributed by atoms with van der Waals surface area (Å²) < 4.78 is 13.0. The summed E-state index contributed by atoms with van der Waals surface area (Å²) in [6.07, 6.45) is 0. The molecule has 1 amide bonds. The van der Waals surface area contributed by atoms with E-state index in [4.69, 9.17) is 11.6 Å². The van der Waals surface area contributed by atoms with Gasteiger partial charge in [0.05, 0.1) is 6.54 Å². The van der Waals surface area contributed by atoms with Crippen molar-refractivity contribution in [3.05, 3.63) is 70.5 Å². The topological polar surface area (TPSA) is 29.1 Å². The molecule has 0 heterocycles. The van der Waals surface area contributed by atoms with Crippen molar-refractivity contribution in [2.45, 2.75) is 0 Å². The molecule has 0 aliphatic heterocycles. The van der Waals surface area contributed by atoms with Gasteiger partial charge in [-0.15, -0.1) is 0 Å². The smallest absolute Gasteiger partial charge is 0.252 e. The fraction of sp³-hybridized carbons (Fsp3) is 0.0625. The second-order valence-corrected chi connectivity index (χ2v) is 4.44. The minimum Gasteiger partial charge on any atom is -0.341 e. The minimum atomic E-state index is -0.442. The first kappa shape index (κ1) is 14.1. The molecule has 0 atom stereocenters. The van der Waals surface area contributed by atoms with E-state index in [1.807, 2.05) is 6.07 Å². The van der Waals surface area contributed by atoms with Crippen LogP contribution in [0.4, 0.5) is 4.39 Å². The van der Waals surface area contributed by atoms with Gasteiger partial charge in [0.2, 0.25) is 0 Å². The van der Waals surface area contributed by atoms with Crippen LogP contribution in [-0.4, -0.2) is 12.5 Å². The predicted molar refractivity (Wildman–Crippen MR) is 77.1 cm³/mol. The highest BCUT2D eigenvalue weighted by molar-refractivity contribution is 6.30. The molecular formula is C16H11ClFNO. The van der Waals surface area contributed by atoms with Crippen LogP contribution in [0.15, 0.2) is 48.5 Å². The third-order valence-corrected chi connectivity index (χ3v) is 2.72. The first-order valence-corrected chi connectivity index (χ1v) is 6.31. The summed E-state index contributed by atoms with van der Waals surface area (Å²) in [4.78, 5) is 11.7. The van der Waals surface area contributed by atoms with E-state index in [9.17, 15) is 9.18 Å². The Morgan fingerprint density at radius 1 is 1.20 bits per heavy atom. The van der Waals surface area contributed by atoms with E-state index in [2.05, 4.69) is 17.2 Å². The fourth-order valence-electron chi connectivity index (χ4n) is 1.57. The van der Waals surface area contributed by atoms with Crippen molar-refractivity contribution in [1.82, 2.24) is 5.32 Å². The number of hydrogen-bond donors (Lipinski definition) is 1. The molecule has 0 fully saturated rings. The van der Waals surface area contributed by atoms with Gasteiger partial charge in [0.15, 0.2) is 0 Å². The Balaban J connectivity index is 1.92. The Labute approximate surface area is 121 Å². The number of benzene rings is 2. The molecule has 0 bridgehead atoms. The Hall–Kier alpha value is -2.31. The molecule has 0 unspecified atom stereocenters. The van der Waals surface area contributed by atoms with Gasteiger partial charge in [-0.05, 0) is 36.4 Å². The Morgan fingerprint density at radius 3 is 2.75 bits per heavy atom. The van der Waals surface area contributed by atoms with Crippen LogP contribution >= 0.6 is 11.6 Å². The summed E-state index contributed by atoms with van der Waals surface area (Å²) in [7, 11) is 0. The molecule has 0 aliphatic carbocycles. The van der Waals surface area contributed by atoms with Crippen LogP contribution in [-0.2, 0) is 0 Å². The first-order valence-electron chi connectivity index (χ1n) is 5.93. The van der Waals surface area contributed by atoms with E-state index in [1.165, 1.54) is 18.2 Å². The lowest BCUT2D eigenvalue weighted by Crippen LogP contribution is -2.23. The normalized spacial score (nSPS) is 9.50. The molecular weight excluding hydrogens is 277 g/mol. The quantitative estimate of drug-likeness (QED) is 0.844. The van der Waals surface area contributed by atoms with Crippen molar-refractivity contribution >= 4 is 17.5 Å². The van der Waals surface area contributed by atoms with E-state index in [0.717, 1.165) is 5.56 Å². The number of halogens is 2. The minimum absolute atomic E-state index is 0.182. The van der Waals surface area contributed by atoms with E-state index < -0.39 is 5.82 Å². The number of hydrogen-bond acceptors (Lipinski definition) is 1. The molecule has 0 aromatic heterocycles. The van der Waals surface area contributed by atoms with Gasteiger partial charge in [-0.2, -0.15) is 0 Å². The summed E-state index contributed by atoms with van der Waals surface area (Å²) in [5, 5.41) is 3.21. The van der Waals surface area contributed by atoms with Crippen molar-refractivity contribution in [3.8, 4) is 11.8 Å². The van der Waals surface area contributed by atoms with Crippen LogP contribution in [0, 0.1) is 17.7 Å². The highest BCUT2D eigenvalue weighted by atomic mass is 35.5. The highest BCUT2D eigenvalue weighted by Gasteiger charge is 2.04. The molecule has 1 N–H and O–H groups in total. The Bertz CT molecular complexity index is 688. The SMILES string of the molecule is O=C(NCC#Cc1cccc(Cl)c1)c1cccc(F)c1. The van der Waals surface area contributed by atoms with Crippen LogP contribution in [0.1, 0.15) is 15.9 Å². The molecule has 0 saturated heterocycles. The van der Waals surface area contributed by atoms with Crippen molar-refractivity contribution in [2.24, 2.45) is 0 Å². The van der Waals surface area contributed by atoms with Gasteiger partial charge in [0.1, 0.15) is 5.82 Å². The average molecular weight is 288 g/mol. The van der Waals surface area contributed by atoms with Crippen LogP contribution < -0.4 is 5.32 Å². The maximum Gasteiger partial charge on any atom is 0.252 e. The lowest BCUT2D eigenvalue weighted by molar-refractivity contribution is 0.0958. The fourth-order valence-corrected chi connectivity index (χ4v) is 1.76. The highest BCUT2D eigenvalue weighted by Crippen LogP contribution is 2.09. The lowest BCUT2D eigenvalue weighted by Gasteiger charge is -2.00. The summed E-state index contributed by atoms with van der Waals surface area (Å²) in [5.41, 5.74) is 1.05. The molecule has 2 nitrogen and oxygen atoms in total. The second-order valence-electron chi connectivity index (χ2n) is 4.01. The monoisotopic (exact) mass is 287 g/mol. The summed E-state index contributed by atoms with van der Waals surface area (Å²) >= 11 is 5.83. The third kappa shape index (κ3) is 4.11. The number of rotatable bonds is 2. The van der Waals surface area contributed by atoms with Gasteiger partial charge in [-0.3, -0.25) is 4.79 Å². The zero-order chi connectivity index (χ0) is 14.4. The summed E-state index contributed by atoms with van der Waals surface area (Å²) in [6, 6.07) is 12.6. The third-order valence-electron chi connectivity index (χ3n) is 2.48. The zero-order valence-electron chi connectivity index (χ0n) is 10.5. The molecule has 100 valence electrons. The van der Waals surface area contributed by atoms with Gasteiger partial charge in [-0.25, -0.2) is 4.39 Å². The predicted octanol–water partition coefficient (Wildman–Crippen LogP) is 3.26. The standard InChI is InChI=1S/C16H11ClFNO/c17-14-7-1-4-12(10-14)5-3-9-19-16(20)13-6-2-8-15(18)11-13/h1-2,4,6-8,10-11H,9H2,(H,19,20). The lowest BCUT2D eigenvalue weighted by atomic mass is 10.2. The van der Waals surface area contributed by atoms with Gasteiger partial charge >= 0.3 is 0 Å². The van der Waals surface area contributed by atoms with E-state index >= 15 is 0 Å².